The molecule has 0 aliphatic carbocycles. The van der Waals surface area contributed by atoms with Gasteiger partial charge in [-0.25, -0.2) is 9.59 Å². The molecule has 0 saturated carbocycles. The Kier molecular flexibility index (Phi) is 3.18. The summed E-state index contributed by atoms with van der Waals surface area (Å²) >= 11 is 0. The molecule has 9 nitrogen and oxygen atoms in total. The molecule has 16 heavy (non-hydrogen) atoms. The zero-order valence-electron chi connectivity index (χ0n) is 8.10. The molecule has 0 radical (unpaired) electrons. The Hall–Kier alpha value is -2.45. The van der Waals surface area contributed by atoms with Crippen LogP contribution in [0.1, 0.15) is 6.92 Å². The quantitative estimate of drug-likeness (QED) is 0.207. The Bertz CT molecular complexity index is 412. The van der Waals surface area contributed by atoms with E-state index in [2.05, 4.69) is 4.74 Å². The van der Waals surface area contributed by atoms with E-state index in [1.54, 1.807) is 5.32 Å². The molecule has 1 aliphatic heterocycles. The lowest BCUT2D eigenvalue weighted by Crippen LogP contribution is -2.23. The molecule has 1 rings (SSSR count). The van der Waals surface area contributed by atoms with Gasteiger partial charge in [0.05, 0.1) is 11.5 Å². The number of nitro groups is 1. The van der Waals surface area contributed by atoms with Gasteiger partial charge in [-0.05, 0) is 6.92 Å². The van der Waals surface area contributed by atoms with E-state index in [1.165, 1.54) is 6.92 Å². The normalized spacial score (nSPS) is 17.6. The number of nitrogens with one attached hydrogen (secondary N) is 2. The molecule has 0 aromatic carbocycles. The third-order valence-corrected chi connectivity index (χ3v) is 1.58. The van der Waals surface area contributed by atoms with Crippen molar-refractivity contribution in [2.75, 3.05) is 6.61 Å². The van der Waals surface area contributed by atoms with Gasteiger partial charge in [-0.15, -0.1) is 0 Å². The van der Waals surface area contributed by atoms with Gasteiger partial charge < -0.3 is 4.74 Å². The van der Waals surface area contributed by atoms with Crippen LogP contribution in [-0.2, 0) is 14.3 Å². The van der Waals surface area contributed by atoms with Gasteiger partial charge in [-0.1, -0.05) is 0 Å². The third kappa shape index (κ3) is 2.13. The second-order valence-corrected chi connectivity index (χ2v) is 2.61. The lowest BCUT2D eigenvalue weighted by atomic mass is 10.3. The number of esters is 1. The molecule has 1 saturated heterocycles. The number of amides is 3. The average molecular weight is 229 g/mol. The van der Waals surface area contributed by atoms with Crippen LogP contribution in [0, 0.1) is 10.1 Å². The first-order valence-corrected chi connectivity index (χ1v) is 4.15. The molecular formula is C7H7N3O6. The standard InChI is InChI=1S/C7H7N3O6/c1-2-16-6(12)4(10(14)15)3-5(11)9-7(13)8-3/h2H2,1H3,(H2,8,9,11,13)/b4-3-. The predicted octanol–water partition coefficient (Wildman–Crippen LogP) is -1.12. The molecule has 1 fully saturated rings. The molecule has 1 aliphatic rings. The van der Waals surface area contributed by atoms with E-state index in [1.807, 2.05) is 5.32 Å². The van der Waals surface area contributed by atoms with E-state index in [4.69, 9.17) is 0 Å². The number of hydrogen-bond acceptors (Lipinski definition) is 6. The van der Waals surface area contributed by atoms with E-state index in [0.29, 0.717) is 0 Å². The summed E-state index contributed by atoms with van der Waals surface area (Å²) in [4.78, 5) is 42.5. The fourth-order valence-electron chi connectivity index (χ4n) is 1.00. The molecule has 0 aromatic heterocycles. The van der Waals surface area contributed by atoms with Crippen molar-refractivity contribution in [3.8, 4) is 0 Å². The summed E-state index contributed by atoms with van der Waals surface area (Å²) in [5.41, 5.74) is -1.81. The zero-order chi connectivity index (χ0) is 12.3. The van der Waals surface area contributed by atoms with Gasteiger partial charge in [0.25, 0.3) is 5.91 Å². The van der Waals surface area contributed by atoms with Crippen LogP contribution in [-0.4, -0.2) is 29.4 Å². The second kappa shape index (κ2) is 4.38. The van der Waals surface area contributed by atoms with Crippen LogP contribution < -0.4 is 10.6 Å². The van der Waals surface area contributed by atoms with Crippen LogP contribution in [0.15, 0.2) is 11.4 Å². The van der Waals surface area contributed by atoms with E-state index < -0.39 is 34.2 Å². The highest BCUT2D eigenvalue weighted by atomic mass is 16.6. The summed E-state index contributed by atoms with van der Waals surface area (Å²) in [6.45, 7) is 1.37. The first-order valence-electron chi connectivity index (χ1n) is 4.15. The maximum Gasteiger partial charge on any atom is 0.412 e. The molecule has 0 aromatic rings. The van der Waals surface area contributed by atoms with Gasteiger partial charge in [-0.2, -0.15) is 0 Å². The zero-order valence-corrected chi connectivity index (χ0v) is 8.10. The molecular weight excluding hydrogens is 222 g/mol. The monoisotopic (exact) mass is 229 g/mol. The molecule has 0 spiro atoms. The average Bonchev–Trinajstić information content (AvgIpc) is 2.45. The topological polar surface area (TPSA) is 128 Å². The summed E-state index contributed by atoms with van der Waals surface area (Å²) in [5, 5.41) is 14.2. The number of rotatable bonds is 3. The number of urea groups is 1. The lowest BCUT2D eigenvalue weighted by Gasteiger charge is -2.00. The van der Waals surface area contributed by atoms with Crippen LogP contribution in [0.3, 0.4) is 0 Å². The molecule has 2 N–H and O–H groups in total. The van der Waals surface area contributed by atoms with E-state index in [-0.39, 0.29) is 6.61 Å². The molecule has 9 heteroatoms. The summed E-state index contributed by atoms with van der Waals surface area (Å²) < 4.78 is 4.39. The van der Waals surface area contributed by atoms with Gasteiger partial charge in [-0.3, -0.25) is 25.5 Å². The largest absolute Gasteiger partial charge is 0.458 e. The minimum atomic E-state index is -1.28. The summed E-state index contributed by atoms with van der Waals surface area (Å²) in [5.74, 6) is -2.32. The van der Waals surface area contributed by atoms with Gasteiger partial charge in [0.15, 0.2) is 5.70 Å². The summed E-state index contributed by atoms with van der Waals surface area (Å²) in [6, 6.07) is -0.927. The highest BCUT2D eigenvalue weighted by molar-refractivity contribution is 6.14. The van der Waals surface area contributed by atoms with Crippen LogP contribution >= 0.6 is 0 Å². The van der Waals surface area contributed by atoms with Gasteiger partial charge >= 0.3 is 17.7 Å². The SMILES string of the molecule is CCOC(=O)/C(=C1/NC(=O)NC1=O)[N+](=O)[O-]. The number of imide groups is 1. The molecule has 0 bridgehead atoms. The first-order chi connectivity index (χ1) is 7.47. The van der Waals surface area contributed by atoms with E-state index in [9.17, 15) is 24.5 Å². The maximum atomic E-state index is 11.2. The fourth-order valence-corrected chi connectivity index (χ4v) is 1.00. The number of nitrogens with zero attached hydrogens (tertiary/aromatic N) is 1. The minimum Gasteiger partial charge on any atom is -0.458 e. The Balaban J connectivity index is 3.15. The number of hydrogen-bond donors (Lipinski definition) is 2. The van der Waals surface area contributed by atoms with Gasteiger partial charge in [0.2, 0.25) is 0 Å². The molecule has 86 valence electrons. The van der Waals surface area contributed by atoms with E-state index >= 15 is 0 Å². The van der Waals surface area contributed by atoms with Crippen LogP contribution in [0.4, 0.5) is 4.79 Å². The van der Waals surface area contributed by atoms with Crippen molar-refractivity contribution in [2.24, 2.45) is 0 Å². The summed E-state index contributed by atoms with van der Waals surface area (Å²) in [6.07, 6.45) is 0. The van der Waals surface area contributed by atoms with Crippen LogP contribution in [0.5, 0.6) is 0 Å². The van der Waals surface area contributed by atoms with Crippen molar-refractivity contribution in [3.05, 3.63) is 21.5 Å². The highest BCUT2D eigenvalue weighted by Gasteiger charge is 2.38. The van der Waals surface area contributed by atoms with Crippen LogP contribution in [0.25, 0.3) is 0 Å². The Morgan fingerprint density at radius 2 is 2.06 bits per heavy atom. The maximum absolute atomic E-state index is 11.2. The fraction of sp³-hybridized carbons (Fsp3) is 0.286. The number of carbonyl (C=O) groups is 3. The minimum absolute atomic E-state index is 0.0843. The van der Waals surface area contributed by atoms with Crippen molar-refractivity contribution in [2.45, 2.75) is 6.92 Å². The highest BCUT2D eigenvalue weighted by Crippen LogP contribution is 2.09. The van der Waals surface area contributed by atoms with Crippen molar-refractivity contribution in [3.63, 3.8) is 0 Å². The Morgan fingerprint density at radius 3 is 2.44 bits per heavy atom. The second-order valence-electron chi connectivity index (χ2n) is 2.61. The smallest absolute Gasteiger partial charge is 0.412 e. The van der Waals surface area contributed by atoms with Gasteiger partial charge in [0.1, 0.15) is 0 Å². The third-order valence-electron chi connectivity index (χ3n) is 1.58. The number of ether oxygens (including phenoxy) is 1. The molecule has 1 heterocycles. The predicted molar refractivity (Wildman–Crippen MR) is 47.3 cm³/mol. The van der Waals surface area contributed by atoms with Crippen molar-refractivity contribution in [1.29, 1.82) is 0 Å². The molecule has 3 amide bonds. The Labute approximate surface area is 88.6 Å². The first kappa shape index (κ1) is 11.6. The summed E-state index contributed by atoms with van der Waals surface area (Å²) in [7, 11) is 0. The van der Waals surface area contributed by atoms with Crippen molar-refractivity contribution < 1.29 is 24.0 Å². The molecule has 0 atom stereocenters. The van der Waals surface area contributed by atoms with E-state index in [0.717, 1.165) is 0 Å². The van der Waals surface area contributed by atoms with Crippen molar-refractivity contribution in [1.82, 2.24) is 10.6 Å². The van der Waals surface area contributed by atoms with Gasteiger partial charge in [0, 0.05) is 0 Å². The lowest BCUT2D eigenvalue weighted by molar-refractivity contribution is -0.422. The molecule has 0 unspecified atom stereocenters. The Morgan fingerprint density at radius 1 is 1.44 bits per heavy atom. The van der Waals surface area contributed by atoms with Crippen molar-refractivity contribution >= 4 is 17.9 Å². The van der Waals surface area contributed by atoms with Crippen LogP contribution in [0.2, 0.25) is 0 Å². The number of carbonyl (C=O) groups excluding carboxylic acids is 3.